The normalized spacial score (nSPS) is 9.42. The monoisotopic (exact) mass is 248 g/mol. The molecule has 0 aliphatic carbocycles. The molecule has 0 fully saturated rings. The third kappa shape index (κ3) is 3.08. The lowest BCUT2D eigenvalue weighted by atomic mass is 10.1. The number of aryl methyl sites for hydroxylation is 1. The smallest absolute Gasteiger partial charge is 0.101 e. The molecule has 0 atom stereocenters. The number of nitrogens with zero attached hydrogens (tertiary/aromatic N) is 3. The van der Waals surface area contributed by atoms with Crippen molar-refractivity contribution in [2.24, 2.45) is 0 Å². The molecule has 1 aromatic heterocycles. The molecule has 0 aliphatic rings. The van der Waals surface area contributed by atoms with Crippen molar-refractivity contribution in [2.45, 2.75) is 13.5 Å². The van der Waals surface area contributed by atoms with Crippen LogP contribution in [0.25, 0.3) is 0 Å². The Balaban J connectivity index is 2.13. The van der Waals surface area contributed by atoms with Crippen LogP contribution in [0.1, 0.15) is 22.3 Å². The predicted octanol–water partition coefficient (Wildman–Crippen LogP) is 2.75. The summed E-state index contributed by atoms with van der Waals surface area (Å²) in [4.78, 5) is 4.12. The maximum atomic E-state index is 8.96. The molecule has 1 aromatic carbocycles. The van der Waals surface area contributed by atoms with Gasteiger partial charge in [-0.2, -0.15) is 10.5 Å². The molecule has 0 saturated carbocycles. The van der Waals surface area contributed by atoms with Gasteiger partial charge >= 0.3 is 0 Å². The van der Waals surface area contributed by atoms with Crippen LogP contribution in [-0.4, -0.2) is 4.98 Å². The topological polar surface area (TPSA) is 72.5 Å². The summed E-state index contributed by atoms with van der Waals surface area (Å²) in [5, 5.41) is 21.0. The second-order valence-electron chi connectivity index (χ2n) is 4.21. The van der Waals surface area contributed by atoms with Gasteiger partial charge < -0.3 is 5.32 Å². The molecule has 1 heterocycles. The first kappa shape index (κ1) is 12.6. The standard InChI is InChI=1S/C15H12N4/c1-11-4-12(9-18-8-11)10-19-15-3-2-13(6-16)14(5-15)7-17/h2-5,8-9,19H,10H2,1H3. The van der Waals surface area contributed by atoms with E-state index in [0.717, 1.165) is 16.8 Å². The molecule has 0 spiro atoms. The molecule has 0 saturated heterocycles. The van der Waals surface area contributed by atoms with Gasteiger partial charge in [0.2, 0.25) is 0 Å². The van der Waals surface area contributed by atoms with Crippen LogP contribution in [0.15, 0.2) is 36.7 Å². The Hall–Kier alpha value is -2.85. The summed E-state index contributed by atoms with van der Waals surface area (Å²) in [6, 6.07) is 11.2. The van der Waals surface area contributed by atoms with Crippen molar-refractivity contribution >= 4 is 5.69 Å². The van der Waals surface area contributed by atoms with Crippen LogP contribution in [0, 0.1) is 29.6 Å². The number of hydrogen-bond acceptors (Lipinski definition) is 4. The van der Waals surface area contributed by atoms with Crippen LogP contribution < -0.4 is 5.32 Å². The van der Waals surface area contributed by atoms with Crippen molar-refractivity contribution in [1.82, 2.24) is 4.98 Å². The third-order valence-corrected chi connectivity index (χ3v) is 2.69. The number of aromatic nitrogens is 1. The van der Waals surface area contributed by atoms with Crippen LogP contribution in [0.3, 0.4) is 0 Å². The highest BCUT2D eigenvalue weighted by Gasteiger charge is 2.02. The average molecular weight is 248 g/mol. The summed E-state index contributed by atoms with van der Waals surface area (Å²) in [5.74, 6) is 0. The Kier molecular flexibility index (Phi) is 3.75. The molecule has 1 N–H and O–H groups in total. The van der Waals surface area contributed by atoms with Crippen molar-refractivity contribution in [3.8, 4) is 12.1 Å². The first-order chi connectivity index (χ1) is 9.22. The lowest BCUT2D eigenvalue weighted by Gasteiger charge is -2.07. The van der Waals surface area contributed by atoms with Gasteiger partial charge in [0, 0.05) is 24.6 Å². The molecule has 0 unspecified atom stereocenters. The average Bonchev–Trinajstić information content (AvgIpc) is 2.45. The maximum absolute atomic E-state index is 8.96. The summed E-state index contributed by atoms with van der Waals surface area (Å²) in [6.07, 6.45) is 3.61. The van der Waals surface area contributed by atoms with Gasteiger partial charge in [0.1, 0.15) is 12.1 Å². The Morgan fingerprint density at radius 2 is 1.89 bits per heavy atom. The molecule has 0 aliphatic heterocycles. The van der Waals surface area contributed by atoms with Gasteiger partial charge in [0.25, 0.3) is 0 Å². The SMILES string of the molecule is Cc1cncc(CNc2ccc(C#N)c(C#N)c2)c1. The fraction of sp³-hybridized carbons (Fsp3) is 0.133. The van der Waals surface area contributed by atoms with Crippen molar-refractivity contribution in [3.05, 3.63) is 58.9 Å². The lowest BCUT2D eigenvalue weighted by Crippen LogP contribution is -2.01. The molecule has 92 valence electrons. The first-order valence-corrected chi connectivity index (χ1v) is 5.81. The van der Waals surface area contributed by atoms with E-state index in [-0.39, 0.29) is 0 Å². The number of rotatable bonds is 3. The van der Waals surface area contributed by atoms with Gasteiger partial charge in [-0.15, -0.1) is 0 Å². The van der Waals surface area contributed by atoms with Gasteiger partial charge in [-0.25, -0.2) is 0 Å². The van der Waals surface area contributed by atoms with E-state index in [4.69, 9.17) is 10.5 Å². The largest absolute Gasteiger partial charge is 0.381 e. The van der Waals surface area contributed by atoms with Gasteiger partial charge in [-0.05, 0) is 36.2 Å². The van der Waals surface area contributed by atoms with Crippen molar-refractivity contribution in [1.29, 1.82) is 10.5 Å². The number of anilines is 1. The van der Waals surface area contributed by atoms with E-state index in [1.54, 1.807) is 30.6 Å². The Labute approximate surface area is 112 Å². The molecular weight excluding hydrogens is 236 g/mol. The minimum atomic E-state index is 0.384. The van der Waals surface area contributed by atoms with Crippen LogP contribution in [0.5, 0.6) is 0 Å². The number of pyridine rings is 1. The molecule has 2 aromatic rings. The van der Waals surface area contributed by atoms with Crippen molar-refractivity contribution in [2.75, 3.05) is 5.32 Å². The zero-order chi connectivity index (χ0) is 13.7. The highest BCUT2D eigenvalue weighted by molar-refractivity contribution is 5.56. The van der Waals surface area contributed by atoms with E-state index in [0.29, 0.717) is 17.7 Å². The number of nitriles is 2. The highest BCUT2D eigenvalue weighted by Crippen LogP contribution is 2.15. The Morgan fingerprint density at radius 3 is 2.58 bits per heavy atom. The van der Waals surface area contributed by atoms with Gasteiger partial charge in [0.05, 0.1) is 11.1 Å². The summed E-state index contributed by atoms with van der Waals surface area (Å²) in [7, 11) is 0. The number of hydrogen-bond donors (Lipinski definition) is 1. The van der Waals surface area contributed by atoms with Crippen molar-refractivity contribution < 1.29 is 0 Å². The predicted molar refractivity (Wildman–Crippen MR) is 72.2 cm³/mol. The second-order valence-corrected chi connectivity index (χ2v) is 4.21. The molecule has 4 nitrogen and oxygen atoms in total. The van der Waals surface area contributed by atoms with Crippen molar-refractivity contribution in [3.63, 3.8) is 0 Å². The summed E-state index contributed by atoms with van der Waals surface area (Å²) in [6.45, 7) is 2.62. The fourth-order valence-electron chi connectivity index (χ4n) is 1.76. The van der Waals surface area contributed by atoms with Gasteiger partial charge in [-0.1, -0.05) is 6.07 Å². The maximum Gasteiger partial charge on any atom is 0.101 e. The Bertz CT molecular complexity index is 677. The zero-order valence-corrected chi connectivity index (χ0v) is 10.5. The summed E-state index contributed by atoms with van der Waals surface area (Å²) < 4.78 is 0. The van der Waals surface area contributed by atoms with E-state index in [1.807, 2.05) is 19.1 Å². The highest BCUT2D eigenvalue weighted by atomic mass is 14.9. The van der Waals surface area contributed by atoms with E-state index >= 15 is 0 Å². The molecule has 0 radical (unpaired) electrons. The van der Waals surface area contributed by atoms with Crippen LogP contribution in [0.2, 0.25) is 0 Å². The lowest BCUT2D eigenvalue weighted by molar-refractivity contribution is 1.10. The molecule has 19 heavy (non-hydrogen) atoms. The summed E-state index contributed by atoms with van der Waals surface area (Å²) >= 11 is 0. The molecule has 0 amide bonds. The van der Waals surface area contributed by atoms with E-state index in [1.165, 1.54) is 0 Å². The minimum absolute atomic E-state index is 0.384. The van der Waals surface area contributed by atoms with Crippen LogP contribution in [-0.2, 0) is 6.54 Å². The first-order valence-electron chi connectivity index (χ1n) is 5.81. The van der Waals surface area contributed by atoms with Gasteiger partial charge in [-0.3, -0.25) is 4.98 Å². The third-order valence-electron chi connectivity index (χ3n) is 2.69. The summed E-state index contributed by atoms with van der Waals surface area (Å²) in [5.41, 5.74) is 3.77. The molecule has 4 heteroatoms. The Morgan fingerprint density at radius 1 is 1.11 bits per heavy atom. The quantitative estimate of drug-likeness (QED) is 0.906. The van der Waals surface area contributed by atoms with E-state index in [9.17, 15) is 0 Å². The van der Waals surface area contributed by atoms with E-state index in [2.05, 4.69) is 16.4 Å². The van der Waals surface area contributed by atoms with E-state index < -0.39 is 0 Å². The molecule has 2 rings (SSSR count). The number of benzene rings is 1. The molecule has 0 bridgehead atoms. The minimum Gasteiger partial charge on any atom is -0.381 e. The van der Waals surface area contributed by atoms with Gasteiger partial charge in [0.15, 0.2) is 0 Å². The number of nitrogens with one attached hydrogen (secondary N) is 1. The van der Waals surface area contributed by atoms with Crippen LogP contribution in [0.4, 0.5) is 5.69 Å². The second kappa shape index (κ2) is 5.66. The fourth-order valence-corrected chi connectivity index (χ4v) is 1.76. The zero-order valence-electron chi connectivity index (χ0n) is 10.5. The molecular formula is C15H12N4. The van der Waals surface area contributed by atoms with Crippen LogP contribution >= 0.6 is 0 Å².